The minimum Gasteiger partial charge on any atom is -0.431 e. The molecule has 38 heavy (non-hydrogen) atoms. The maximum Gasteiger partial charge on any atom is 0.416 e. The van der Waals surface area contributed by atoms with Gasteiger partial charge in [-0.05, 0) is 37.5 Å². The topological polar surface area (TPSA) is 58.4 Å². The second-order valence-electron chi connectivity index (χ2n) is 9.00. The van der Waals surface area contributed by atoms with Crippen LogP contribution in [0.3, 0.4) is 0 Å². The van der Waals surface area contributed by atoms with Gasteiger partial charge in [-0.2, -0.15) is 13.2 Å². The van der Waals surface area contributed by atoms with E-state index in [4.69, 9.17) is 4.42 Å². The van der Waals surface area contributed by atoms with Crippen LogP contribution in [-0.4, -0.2) is 29.7 Å². The predicted molar refractivity (Wildman–Crippen MR) is 144 cm³/mol. The zero-order chi connectivity index (χ0) is 26.5. The Hall–Kier alpha value is -3.72. The summed E-state index contributed by atoms with van der Waals surface area (Å²) in [5.74, 6) is 0.0804. The third-order valence-corrected chi connectivity index (χ3v) is 7.14. The first-order valence-corrected chi connectivity index (χ1v) is 13.4. The highest BCUT2D eigenvalue weighted by Gasteiger charge is 2.32. The van der Waals surface area contributed by atoms with Gasteiger partial charge < -0.3 is 14.6 Å². The summed E-state index contributed by atoms with van der Waals surface area (Å²) in [6, 6.07) is 22.7. The highest BCUT2D eigenvalue weighted by Crippen LogP contribution is 2.38. The molecule has 0 atom stereocenters. The maximum atomic E-state index is 13.4. The number of hydrogen-bond acceptors (Lipinski definition) is 5. The number of alkyl halides is 3. The summed E-state index contributed by atoms with van der Waals surface area (Å²) >= 11 is 1.10. The first kappa shape index (κ1) is 25.9. The Balaban J connectivity index is 1.36. The molecule has 5 nitrogen and oxygen atoms in total. The fourth-order valence-corrected chi connectivity index (χ4v) is 5.10. The van der Waals surface area contributed by atoms with E-state index in [1.165, 1.54) is 6.07 Å². The number of nitrogens with zero attached hydrogens (tertiary/aromatic N) is 2. The summed E-state index contributed by atoms with van der Waals surface area (Å²) in [6.07, 6.45) is -1.50. The number of oxazole rings is 1. The fraction of sp³-hybridized carbons (Fsp3) is 0.241. The van der Waals surface area contributed by atoms with E-state index in [1.807, 2.05) is 65.6 Å². The zero-order valence-electron chi connectivity index (χ0n) is 20.5. The first-order chi connectivity index (χ1) is 18.4. The highest BCUT2D eigenvalue weighted by atomic mass is 32.2. The van der Waals surface area contributed by atoms with Gasteiger partial charge in [-0.1, -0.05) is 72.4 Å². The van der Waals surface area contributed by atoms with Crippen molar-refractivity contribution in [2.45, 2.75) is 30.7 Å². The van der Waals surface area contributed by atoms with Crippen molar-refractivity contribution in [3.05, 3.63) is 84.4 Å². The van der Waals surface area contributed by atoms with Gasteiger partial charge in [0, 0.05) is 24.2 Å². The molecule has 0 saturated carbocycles. The van der Waals surface area contributed by atoms with E-state index in [-0.39, 0.29) is 11.4 Å². The number of amides is 1. The first-order valence-electron chi connectivity index (χ1n) is 12.4. The van der Waals surface area contributed by atoms with Crippen molar-refractivity contribution in [3.63, 3.8) is 0 Å². The monoisotopic (exact) mass is 537 g/mol. The zero-order valence-corrected chi connectivity index (χ0v) is 21.3. The molecule has 0 unspecified atom stereocenters. The molecule has 1 aliphatic heterocycles. The van der Waals surface area contributed by atoms with Gasteiger partial charge in [0.25, 0.3) is 5.22 Å². The van der Waals surface area contributed by atoms with E-state index in [0.29, 0.717) is 22.4 Å². The summed E-state index contributed by atoms with van der Waals surface area (Å²) < 4.78 is 46.3. The lowest BCUT2D eigenvalue weighted by Crippen LogP contribution is -2.30. The van der Waals surface area contributed by atoms with Crippen LogP contribution in [0.4, 0.5) is 24.5 Å². The van der Waals surface area contributed by atoms with Crippen molar-refractivity contribution in [1.82, 2.24) is 4.98 Å². The largest absolute Gasteiger partial charge is 0.431 e. The lowest BCUT2D eigenvalue weighted by molar-refractivity contribution is -0.137. The molecule has 3 aromatic carbocycles. The lowest BCUT2D eigenvalue weighted by atomic mass is 10.1. The number of thioether (sulfide) groups is 1. The van der Waals surface area contributed by atoms with E-state index in [9.17, 15) is 18.0 Å². The van der Waals surface area contributed by atoms with Gasteiger partial charge in [-0.15, -0.1) is 0 Å². The van der Waals surface area contributed by atoms with E-state index in [1.54, 1.807) is 0 Å². The van der Waals surface area contributed by atoms with Crippen molar-refractivity contribution < 1.29 is 22.4 Å². The number of carbonyl (C=O) groups excluding carboxylic acids is 1. The molecule has 196 valence electrons. The standard InChI is InChI=1S/C29H26F3N3O2S/c30-29(31,32)22-14-15-24(35-16-8-3-9-17-35)23(18-22)33-25(36)19-38-28-34-26(20-10-4-1-5-11-20)27(37-28)21-12-6-2-7-13-21/h1-2,4-7,10-15,18H,3,8-9,16-17,19H2,(H,33,36). The molecule has 5 rings (SSSR count). The lowest BCUT2D eigenvalue weighted by Gasteiger charge is -2.31. The average Bonchev–Trinajstić information content (AvgIpc) is 3.37. The molecule has 2 heterocycles. The molecule has 0 spiro atoms. The number of halogens is 3. The number of hydrogen-bond donors (Lipinski definition) is 1. The number of aromatic nitrogens is 1. The maximum absolute atomic E-state index is 13.4. The molecular weight excluding hydrogens is 511 g/mol. The number of piperidine rings is 1. The predicted octanol–water partition coefficient (Wildman–Crippen LogP) is 7.75. The summed E-state index contributed by atoms with van der Waals surface area (Å²) in [4.78, 5) is 19.6. The molecule has 1 aliphatic rings. The van der Waals surface area contributed by atoms with Crippen LogP contribution in [-0.2, 0) is 11.0 Å². The number of nitrogens with one attached hydrogen (secondary N) is 1. The van der Waals surface area contributed by atoms with E-state index < -0.39 is 17.6 Å². The number of carbonyl (C=O) groups is 1. The molecule has 4 aromatic rings. The highest BCUT2D eigenvalue weighted by molar-refractivity contribution is 7.99. The Kier molecular flexibility index (Phi) is 7.74. The van der Waals surface area contributed by atoms with Crippen molar-refractivity contribution in [2.24, 2.45) is 0 Å². The molecule has 1 amide bonds. The summed E-state index contributed by atoms with van der Waals surface area (Å²) in [5, 5.41) is 3.01. The Morgan fingerprint density at radius 2 is 1.58 bits per heavy atom. The number of anilines is 2. The molecule has 0 aliphatic carbocycles. The van der Waals surface area contributed by atoms with Gasteiger partial charge in [0.1, 0.15) is 5.69 Å². The normalized spacial score (nSPS) is 13.9. The molecular formula is C29H26F3N3O2S. The smallest absolute Gasteiger partial charge is 0.416 e. The Bertz CT molecular complexity index is 1330. The van der Waals surface area contributed by atoms with Gasteiger partial charge in [-0.25, -0.2) is 4.98 Å². The minimum atomic E-state index is -4.51. The second kappa shape index (κ2) is 11.3. The summed E-state index contributed by atoms with van der Waals surface area (Å²) in [6.45, 7) is 1.48. The van der Waals surface area contributed by atoms with Crippen LogP contribution in [0.25, 0.3) is 22.6 Å². The van der Waals surface area contributed by atoms with Crippen LogP contribution in [0.1, 0.15) is 24.8 Å². The summed E-state index contributed by atoms with van der Waals surface area (Å²) in [7, 11) is 0. The molecule has 0 radical (unpaired) electrons. The van der Waals surface area contributed by atoms with Gasteiger partial charge >= 0.3 is 6.18 Å². The molecule has 1 N–H and O–H groups in total. The van der Waals surface area contributed by atoms with Crippen molar-refractivity contribution in [1.29, 1.82) is 0 Å². The van der Waals surface area contributed by atoms with Crippen molar-refractivity contribution >= 4 is 29.0 Å². The van der Waals surface area contributed by atoms with Crippen LogP contribution in [0.5, 0.6) is 0 Å². The minimum absolute atomic E-state index is 0.0708. The van der Waals surface area contributed by atoms with Gasteiger partial charge in [0.2, 0.25) is 5.91 Å². The van der Waals surface area contributed by atoms with E-state index in [0.717, 1.165) is 67.4 Å². The van der Waals surface area contributed by atoms with Crippen LogP contribution < -0.4 is 10.2 Å². The van der Waals surface area contributed by atoms with Crippen LogP contribution in [0.2, 0.25) is 0 Å². The summed E-state index contributed by atoms with van der Waals surface area (Å²) in [5.41, 5.74) is 2.35. The quantitative estimate of drug-likeness (QED) is 0.244. The van der Waals surface area contributed by atoms with Gasteiger partial charge in [-0.3, -0.25) is 4.79 Å². The van der Waals surface area contributed by atoms with Crippen LogP contribution in [0.15, 0.2) is 88.5 Å². The van der Waals surface area contributed by atoms with E-state index in [2.05, 4.69) is 10.3 Å². The van der Waals surface area contributed by atoms with Gasteiger partial charge in [0.15, 0.2) is 5.76 Å². The van der Waals surface area contributed by atoms with Crippen LogP contribution in [0, 0.1) is 0 Å². The van der Waals surface area contributed by atoms with Crippen LogP contribution >= 0.6 is 11.8 Å². The number of rotatable bonds is 7. The molecule has 1 saturated heterocycles. The molecule has 9 heteroatoms. The Morgan fingerprint density at radius 1 is 0.921 bits per heavy atom. The van der Waals surface area contributed by atoms with Crippen molar-refractivity contribution in [2.75, 3.05) is 29.1 Å². The Labute approximate surface area is 223 Å². The molecule has 1 aromatic heterocycles. The van der Waals surface area contributed by atoms with Crippen molar-refractivity contribution in [3.8, 4) is 22.6 Å². The Morgan fingerprint density at radius 3 is 2.24 bits per heavy atom. The third kappa shape index (κ3) is 6.05. The number of benzene rings is 3. The second-order valence-corrected chi connectivity index (χ2v) is 9.93. The average molecular weight is 538 g/mol. The van der Waals surface area contributed by atoms with E-state index >= 15 is 0 Å². The fourth-order valence-electron chi connectivity index (χ4n) is 4.48. The molecule has 1 fully saturated rings. The SMILES string of the molecule is O=C(CSc1nc(-c2ccccc2)c(-c2ccccc2)o1)Nc1cc(C(F)(F)F)ccc1N1CCCCC1. The molecule has 0 bridgehead atoms. The third-order valence-electron chi connectivity index (χ3n) is 6.31. The van der Waals surface area contributed by atoms with Gasteiger partial charge in [0.05, 0.1) is 22.7 Å².